The summed E-state index contributed by atoms with van der Waals surface area (Å²) in [5.74, 6) is 0. The molecular formula is C16H13BrN2S. The molecule has 0 aromatic heterocycles. The van der Waals surface area contributed by atoms with Crippen LogP contribution >= 0.6 is 27.7 Å². The number of thioether (sulfide) groups is 1. The Kier molecular flexibility index (Phi) is 4.23. The third-order valence-electron chi connectivity index (χ3n) is 2.89. The molecule has 100 valence electrons. The summed E-state index contributed by atoms with van der Waals surface area (Å²) < 4.78 is 1.09. The summed E-state index contributed by atoms with van der Waals surface area (Å²) in [5, 5.41) is 5.56. The molecule has 0 radical (unpaired) electrons. The van der Waals surface area contributed by atoms with E-state index in [9.17, 15) is 0 Å². The SMILES string of the molecule is BrC(=Cc1ccccc1)C1NN=C(c2ccccc2)S1. The molecule has 0 saturated heterocycles. The van der Waals surface area contributed by atoms with Gasteiger partial charge in [-0.05, 0) is 11.6 Å². The van der Waals surface area contributed by atoms with Crippen LogP contribution in [0.15, 0.2) is 70.2 Å². The predicted octanol–water partition coefficient (Wildman–Crippen LogP) is 4.45. The molecule has 0 amide bonds. The third-order valence-corrected chi connectivity index (χ3v) is 5.02. The maximum absolute atomic E-state index is 4.41. The van der Waals surface area contributed by atoms with Crippen LogP contribution in [-0.4, -0.2) is 10.4 Å². The van der Waals surface area contributed by atoms with Crippen LogP contribution in [0, 0.1) is 0 Å². The zero-order valence-corrected chi connectivity index (χ0v) is 13.1. The summed E-state index contributed by atoms with van der Waals surface area (Å²) in [6, 6.07) is 20.5. The van der Waals surface area contributed by atoms with E-state index in [-0.39, 0.29) is 5.37 Å². The van der Waals surface area contributed by atoms with Gasteiger partial charge < -0.3 is 0 Å². The summed E-state index contributed by atoms with van der Waals surface area (Å²) in [4.78, 5) is 0. The van der Waals surface area contributed by atoms with E-state index in [4.69, 9.17) is 0 Å². The van der Waals surface area contributed by atoms with Crippen LogP contribution in [0.2, 0.25) is 0 Å². The van der Waals surface area contributed by atoms with Gasteiger partial charge in [0.25, 0.3) is 0 Å². The molecule has 4 heteroatoms. The van der Waals surface area contributed by atoms with Crippen molar-refractivity contribution in [2.75, 3.05) is 0 Å². The minimum Gasteiger partial charge on any atom is -0.290 e. The Labute approximate surface area is 131 Å². The van der Waals surface area contributed by atoms with Crippen molar-refractivity contribution in [3.05, 3.63) is 76.3 Å². The highest BCUT2D eigenvalue weighted by molar-refractivity contribution is 9.12. The largest absolute Gasteiger partial charge is 0.290 e. The van der Waals surface area contributed by atoms with Gasteiger partial charge in [-0.25, -0.2) is 0 Å². The molecule has 1 heterocycles. The lowest BCUT2D eigenvalue weighted by Crippen LogP contribution is -2.15. The van der Waals surface area contributed by atoms with Crippen LogP contribution < -0.4 is 5.43 Å². The van der Waals surface area contributed by atoms with Crippen LogP contribution in [0.3, 0.4) is 0 Å². The standard InChI is InChI=1S/C16H13BrN2S/c17-14(11-12-7-3-1-4-8-12)16-19-18-15(20-16)13-9-5-2-6-10-13/h1-11,16,19H. The molecular weight excluding hydrogens is 332 g/mol. The first-order chi connectivity index (χ1) is 9.83. The minimum absolute atomic E-state index is 0.130. The van der Waals surface area contributed by atoms with E-state index < -0.39 is 0 Å². The Bertz CT molecular complexity index is 638. The second-order valence-electron chi connectivity index (χ2n) is 4.35. The number of nitrogens with one attached hydrogen (secondary N) is 1. The fraction of sp³-hybridized carbons (Fsp3) is 0.0625. The van der Waals surface area contributed by atoms with Crippen molar-refractivity contribution in [2.24, 2.45) is 5.10 Å². The maximum Gasteiger partial charge on any atom is 0.127 e. The first kappa shape index (κ1) is 13.5. The zero-order valence-electron chi connectivity index (χ0n) is 10.7. The first-order valence-electron chi connectivity index (χ1n) is 6.30. The van der Waals surface area contributed by atoms with Crippen molar-refractivity contribution in [3.8, 4) is 0 Å². The monoisotopic (exact) mass is 344 g/mol. The molecule has 20 heavy (non-hydrogen) atoms. The second-order valence-corrected chi connectivity index (χ2v) is 6.36. The molecule has 1 N–H and O–H groups in total. The Morgan fingerprint density at radius 1 is 1.05 bits per heavy atom. The molecule has 1 aliphatic heterocycles. The van der Waals surface area contributed by atoms with Crippen LogP contribution in [0.1, 0.15) is 11.1 Å². The van der Waals surface area contributed by atoms with Gasteiger partial charge in [0.2, 0.25) is 0 Å². The van der Waals surface area contributed by atoms with E-state index in [2.05, 4.69) is 56.8 Å². The van der Waals surface area contributed by atoms with Gasteiger partial charge in [-0.3, -0.25) is 5.43 Å². The number of halogens is 1. The van der Waals surface area contributed by atoms with E-state index in [1.807, 2.05) is 36.4 Å². The molecule has 0 aliphatic carbocycles. The highest BCUT2D eigenvalue weighted by Gasteiger charge is 2.22. The van der Waals surface area contributed by atoms with E-state index in [0.29, 0.717) is 0 Å². The normalized spacial score (nSPS) is 18.6. The van der Waals surface area contributed by atoms with E-state index in [1.165, 1.54) is 5.56 Å². The fourth-order valence-corrected chi connectivity index (χ4v) is 3.43. The number of nitrogens with zero attached hydrogens (tertiary/aromatic N) is 1. The topological polar surface area (TPSA) is 24.4 Å². The fourth-order valence-electron chi connectivity index (χ4n) is 1.90. The van der Waals surface area contributed by atoms with Crippen molar-refractivity contribution in [1.82, 2.24) is 5.43 Å². The maximum atomic E-state index is 4.41. The van der Waals surface area contributed by atoms with Crippen molar-refractivity contribution >= 4 is 38.8 Å². The summed E-state index contributed by atoms with van der Waals surface area (Å²) in [6.45, 7) is 0. The molecule has 1 atom stereocenters. The molecule has 1 aliphatic rings. The van der Waals surface area contributed by atoms with Gasteiger partial charge >= 0.3 is 0 Å². The molecule has 0 bridgehead atoms. The summed E-state index contributed by atoms with van der Waals surface area (Å²) in [7, 11) is 0. The molecule has 0 spiro atoms. The van der Waals surface area contributed by atoms with Crippen molar-refractivity contribution < 1.29 is 0 Å². The third kappa shape index (κ3) is 3.14. The number of rotatable bonds is 3. The number of benzene rings is 2. The lowest BCUT2D eigenvalue weighted by Gasteiger charge is -2.08. The van der Waals surface area contributed by atoms with Crippen LogP contribution in [-0.2, 0) is 0 Å². The van der Waals surface area contributed by atoms with Crippen molar-refractivity contribution in [2.45, 2.75) is 5.37 Å². The quantitative estimate of drug-likeness (QED) is 0.889. The van der Waals surface area contributed by atoms with E-state index in [0.717, 1.165) is 15.1 Å². The highest BCUT2D eigenvalue weighted by atomic mass is 79.9. The number of hydrogen-bond acceptors (Lipinski definition) is 3. The number of hydrogen-bond donors (Lipinski definition) is 1. The average Bonchev–Trinajstić information content (AvgIpc) is 2.99. The first-order valence-corrected chi connectivity index (χ1v) is 7.97. The van der Waals surface area contributed by atoms with Crippen molar-refractivity contribution in [1.29, 1.82) is 0 Å². The molecule has 0 fully saturated rings. The molecule has 2 aromatic carbocycles. The summed E-state index contributed by atoms with van der Waals surface area (Å²) >= 11 is 5.36. The summed E-state index contributed by atoms with van der Waals surface area (Å²) in [6.07, 6.45) is 2.12. The van der Waals surface area contributed by atoms with Crippen LogP contribution in [0.5, 0.6) is 0 Å². The van der Waals surface area contributed by atoms with Crippen LogP contribution in [0.25, 0.3) is 6.08 Å². The van der Waals surface area contributed by atoms with E-state index in [1.54, 1.807) is 11.8 Å². The minimum atomic E-state index is 0.130. The molecule has 0 saturated carbocycles. The zero-order chi connectivity index (χ0) is 13.8. The highest BCUT2D eigenvalue weighted by Crippen LogP contribution is 2.31. The molecule has 2 aromatic rings. The van der Waals surface area contributed by atoms with Gasteiger partial charge in [0, 0.05) is 10.0 Å². The summed E-state index contributed by atoms with van der Waals surface area (Å²) in [5.41, 5.74) is 5.48. The molecule has 3 rings (SSSR count). The molecule has 2 nitrogen and oxygen atoms in total. The van der Waals surface area contributed by atoms with Crippen LogP contribution in [0.4, 0.5) is 0 Å². The lowest BCUT2D eigenvalue weighted by atomic mass is 10.2. The smallest absolute Gasteiger partial charge is 0.127 e. The lowest BCUT2D eigenvalue weighted by molar-refractivity contribution is 0.799. The Morgan fingerprint density at radius 2 is 1.70 bits per heavy atom. The molecule has 1 unspecified atom stereocenters. The van der Waals surface area contributed by atoms with Gasteiger partial charge in [0.15, 0.2) is 0 Å². The Balaban J connectivity index is 1.71. The van der Waals surface area contributed by atoms with Gasteiger partial charge in [-0.1, -0.05) is 88.4 Å². The average molecular weight is 345 g/mol. The predicted molar refractivity (Wildman–Crippen MR) is 90.8 cm³/mol. The van der Waals surface area contributed by atoms with Gasteiger partial charge in [0.1, 0.15) is 10.4 Å². The number of hydrazone groups is 1. The Morgan fingerprint density at radius 3 is 2.40 bits per heavy atom. The second kappa shape index (κ2) is 6.29. The van der Waals surface area contributed by atoms with E-state index >= 15 is 0 Å². The van der Waals surface area contributed by atoms with Gasteiger partial charge in [-0.15, -0.1) is 0 Å². The van der Waals surface area contributed by atoms with Gasteiger partial charge in [0.05, 0.1) is 0 Å². The van der Waals surface area contributed by atoms with Crippen molar-refractivity contribution in [3.63, 3.8) is 0 Å². The van der Waals surface area contributed by atoms with Gasteiger partial charge in [-0.2, -0.15) is 5.10 Å². The Hall–Kier alpha value is -1.52.